The topological polar surface area (TPSA) is 34.9 Å². The second kappa shape index (κ2) is 8.83. The Bertz CT molecular complexity index is 1460. The molecule has 0 amide bonds. The maximum Gasteiger partial charge on any atom is 0.263 e. The van der Waals surface area contributed by atoms with Crippen LogP contribution in [0, 0.1) is 13.8 Å². The highest BCUT2D eigenvalue weighted by molar-refractivity contribution is 7.98. The number of fused-ring (bicyclic) bond motifs is 4. The van der Waals surface area contributed by atoms with E-state index in [9.17, 15) is 4.79 Å². The number of aryl methyl sites for hydroxylation is 2. The fourth-order valence-corrected chi connectivity index (χ4v) is 6.92. The van der Waals surface area contributed by atoms with Crippen molar-refractivity contribution >= 4 is 11.8 Å². The number of rotatable bonds is 4. The van der Waals surface area contributed by atoms with Gasteiger partial charge >= 0.3 is 0 Å². The summed E-state index contributed by atoms with van der Waals surface area (Å²) in [5.41, 5.74) is 8.84. The lowest BCUT2D eigenvalue weighted by atomic mass is 9.68. The molecule has 0 unspecified atom stereocenters. The largest absolute Gasteiger partial charge is 0.268 e. The van der Waals surface area contributed by atoms with Crippen LogP contribution in [0.25, 0.3) is 16.9 Å². The first-order valence-electron chi connectivity index (χ1n) is 12.6. The van der Waals surface area contributed by atoms with E-state index in [0.29, 0.717) is 0 Å². The van der Waals surface area contributed by atoms with Crippen molar-refractivity contribution in [2.75, 3.05) is 0 Å². The van der Waals surface area contributed by atoms with Crippen molar-refractivity contribution < 1.29 is 0 Å². The van der Waals surface area contributed by atoms with E-state index in [4.69, 9.17) is 4.98 Å². The first-order chi connectivity index (χ1) is 17.1. The van der Waals surface area contributed by atoms with Crippen molar-refractivity contribution in [3.63, 3.8) is 0 Å². The number of nitrogens with zero attached hydrogens (tertiary/aromatic N) is 2. The van der Waals surface area contributed by atoms with E-state index >= 15 is 0 Å². The number of benzene rings is 3. The highest BCUT2D eigenvalue weighted by atomic mass is 32.2. The lowest BCUT2D eigenvalue weighted by Gasteiger charge is -2.36. The second-order valence-electron chi connectivity index (χ2n) is 10.1. The molecule has 3 nitrogen and oxygen atoms in total. The molecule has 0 aliphatic heterocycles. The molecule has 0 radical (unpaired) electrons. The molecule has 1 spiro atoms. The minimum atomic E-state index is -0.0989. The van der Waals surface area contributed by atoms with Crippen LogP contribution in [0.4, 0.5) is 0 Å². The number of aromatic nitrogens is 2. The van der Waals surface area contributed by atoms with E-state index in [2.05, 4.69) is 74.5 Å². The monoisotopic (exact) mass is 478 g/mol. The zero-order chi connectivity index (χ0) is 24.0. The van der Waals surface area contributed by atoms with Crippen molar-refractivity contribution in [3.05, 3.63) is 111 Å². The molecule has 0 atom stereocenters. The summed E-state index contributed by atoms with van der Waals surface area (Å²) in [6.45, 7) is 4.18. The van der Waals surface area contributed by atoms with Crippen LogP contribution in [0.1, 0.15) is 53.5 Å². The van der Waals surface area contributed by atoms with Crippen LogP contribution in [0.15, 0.2) is 82.7 Å². The third-order valence-corrected chi connectivity index (χ3v) is 8.80. The van der Waals surface area contributed by atoms with Gasteiger partial charge in [0.25, 0.3) is 5.56 Å². The van der Waals surface area contributed by atoms with Crippen molar-refractivity contribution in [2.45, 2.75) is 62.3 Å². The highest BCUT2D eigenvalue weighted by Crippen LogP contribution is 2.50. The molecule has 0 N–H and O–H groups in total. The van der Waals surface area contributed by atoms with E-state index in [1.165, 1.54) is 29.5 Å². The van der Waals surface area contributed by atoms with Crippen molar-refractivity contribution in [3.8, 4) is 16.9 Å². The predicted octanol–water partition coefficient (Wildman–Crippen LogP) is 7.18. The zero-order valence-electron chi connectivity index (χ0n) is 20.4. The van der Waals surface area contributed by atoms with Gasteiger partial charge in [0.1, 0.15) is 0 Å². The summed E-state index contributed by atoms with van der Waals surface area (Å²) in [6.07, 6.45) is 5.42. The van der Waals surface area contributed by atoms with Gasteiger partial charge in [0.2, 0.25) is 0 Å². The standard InChI is InChI=1S/C31H30N2OS/c1-21-13-15-23(16-14-21)20-35-30-32-28-25-11-5-4-10-24(25)19-31(17-7-8-18-31)27(28)29(34)33(30)26-12-6-3-9-22(26)2/h3-6,9-16H,7-8,17-20H2,1-2H3. The molecule has 35 heavy (non-hydrogen) atoms. The molecular weight excluding hydrogens is 448 g/mol. The van der Waals surface area contributed by atoms with Crippen LogP contribution < -0.4 is 5.56 Å². The summed E-state index contributed by atoms with van der Waals surface area (Å²) in [6, 6.07) is 25.4. The lowest BCUT2D eigenvalue weighted by Crippen LogP contribution is -2.40. The summed E-state index contributed by atoms with van der Waals surface area (Å²) in [7, 11) is 0. The van der Waals surface area contributed by atoms with Gasteiger partial charge < -0.3 is 0 Å². The molecule has 2 aliphatic carbocycles. The van der Waals surface area contributed by atoms with E-state index < -0.39 is 0 Å². The van der Waals surface area contributed by atoms with Gasteiger partial charge in [0.05, 0.1) is 16.9 Å². The molecule has 0 saturated heterocycles. The minimum absolute atomic E-state index is 0.0989. The van der Waals surface area contributed by atoms with E-state index in [-0.39, 0.29) is 11.0 Å². The quantitative estimate of drug-likeness (QED) is 0.230. The Morgan fingerprint density at radius 1 is 0.914 bits per heavy atom. The Hall–Kier alpha value is -3.11. The molecule has 0 bridgehead atoms. The minimum Gasteiger partial charge on any atom is -0.268 e. The average molecular weight is 479 g/mol. The van der Waals surface area contributed by atoms with Crippen LogP contribution in [0.5, 0.6) is 0 Å². The Kier molecular flexibility index (Phi) is 5.64. The van der Waals surface area contributed by atoms with Gasteiger partial charge in [0.15, 0.2) is 5.16 Å². The molecule has 1 fully saturated rings. The third-order valence-electron chi connectivity index (χ3n) is 7.79. The molecule has 176 valence electrons. The third kappa shape index (κ3) is 3.84. The van der Waals surface area contributed by atoms with Gasteiger partial charge in [0, 0.05) is 16.7 Å². The number of thioether (sulfide) groups is 1. The summed E-state index contributed by atoms with van der Waals surface area (Å²) in [5.74, 6) is 0.768. The molecule has 4 heteroatoms. The lowest BCUT2D eigenvalue weighted by molar-refractivity contribution is 0.422. The van der Waals surface area contributed by atoms with Crippen LogP contribution >= 0.6 is 11.8 Å². The summed E-state index contributed by atoms with van der Waals surface area (Å²) in [5, 5.41) is 0.772. The first kappa shape index (κ1) is 22.4. The SMILES string of the molecule is Cc1ccc(CSc2nc3c(c(=O)n2-c2ccccc2C)C2(CCCC2)Cc2ccccc2-3)cc1. The van der Waals surface area contributed by atoms with Crippen LogP contribution in [0.3, 0.4) is 0 Å². The molecule has 4 aromatic rings. The van der Waals surface area contributed by atoms with Crippen LogP contribution in [-0.4, -0.2) is 9.55 Å². The van der Waals surface area contributed by atoms with Crippen molar-refractivity contribution in [1.29, 1.82) is 0 Å². The van der Waals surface area contributed by atoms with E-state index in [1.807, 2.05) is 16.7 Å². The number of hydrogen-bond acceptors (Lipinski definition) is 3. The average Bonchev–Trinajstić information content (AvgIpc) is 3.32. The normalized spacial score (nSPS) is 15.7. The predicted molar refractivity (Wildman–Crippen MR) is 145 cm³/mol. The Morgan fingerprint density at radius 2 is 1.63 bits per heavy atom. The fraction of sp³-hybridized carbons (Fsp3) is 0.290. The van der Waals surface area contributed by atoms with Crippen LogP contribution in [0.2, 0.25) is 0 Å². The summed E-state index contributed by atoms with van der Waals surface area (Å²) >= 11 is 1.65. The Morgan fingerprint density at radius 3 is 2.40 bits per heavy atom. The molecule has 1 heterocycles. The Balaban J connectivity index is 1.58. The maximum absolute atomic E-state index is 14.5. The highest BCUT2D eigenvalue weighted by Gasteiger charge is 2.44. The smallest absolute Gasteiger partial charge is 0.263 e. The van der Waals surface area contributed by atoms with Gasteiger partial charge in [-0.15, -0.1) is 0 Å². The van der Waals surface area contributed by atoms with Crippen LogP contribution in [-0.2, 0) is 17.6 Å². The van der Waals surface area contributed by atoms with Crippen molar-refractivity contribution in [1.82, 2.24) is 9.55 Å². The van der Waals surface area contributed by atoms with Gasteiger partial charge in [-0.25, -0.2) is 4.98 Å². The van der Waals surface area contributed by atoms with Gasteiger partial charge in [-0.05, 0) is 55.9 Å². The van der Waals surface area contributed by atoms with Gasteiger partial charge in [-0.3, -0.25) is 9.36 Å². The molecule has 6 rings (SSSR count). The van der Waals surface area contributed by atoms with Gasteiger partial charge in [-0.2, -0.15) is 0 Å². The molecule has 1 aromatic heterocycles. The van der Waals surface area contributed by atoms with Gasteiger partial charge in [-0.1, -0.05) is 96.9 Å². The van der Waals surface area contributed by atoms with E-state index in [0.717, 1.165) is 58.2 Å². The number of hydrogen-bond donors (Lipinski definition) is 0. The number of para-hydroxylation sites is 1. The maximum atomic E-state index is 14.5. The van der Waals surface area contributed by atoms with Crippen molar-refractivity contribution in [2.24, 2.45) is 0 Å². The van der Waals surface area contributed by atoms with E-state index in [1.54, 1.807) is 11.8 Å². The Labute approximate surface area is 211 Å². The second-order valence-corrected chi connectivity index (χ2v) is 11.1. The molecule has 3 aromatic carbocycles. The molecule has 2 aliphatic rings. The molecule has 1 saturated carbocycles. The molecular formula is C31H30N2OS. The summed E-state index contributed by atoms with van der Waals surface area (Å²) < 4.78 is 1.90. The fourth-order valence-electron chi connectivity index (χ4n) is 5.97. The summed E-state index contributed by atoms with van der Waals surface area (Å²) in [4.78, 5) is 19.8. The zero-order valence-corrected chi connectivity index (χ0v) is 21.2. The first-order valence-corrected chi connectivity index (χ1v) is 13.5.